The lowest BCUT2D eigenvalue weighted by Crippen LogP contribution is -2.19. The first-order valence-corrected chi connectivity index (χ1v) is 5.20. The molecule has 0 radical (unpaired) electrons. The molecule has 2 aliphatic carbocycles. The maximum atomic E-state index is 10.8. The molecule has 2 aliphatic rings. The highest BCUT2D eigenvalue weighted by Gasteiger charge is 2.60. The Hall–Kier alpha value is -1.76. The molecule has 4 nitrogen and oxygen atoms in total. The first kappa shape index (κ1) is 10.7. The van der Waals surface area contributed by atoms with Crippen LogP contribution in [0.4, 0.5) is 0 Å². The number of nitriles is 1. The number of fused-ring (bicyclic) bond motifs is 1. The zero-order chi connectivity index (χ0) is 12.1. The Labute approximate surface area is 94.5 Å². The largest absolute Gasteiger partial charge is 0.344 e. The van der Waals surface area contributed by atoms with E-state index in [0.29, 0.717) is 0 Å². The predicted molar refractivity (Wildman–Crippen MR) is 57.5 cm³/mol. The summed E-state index contributed by atoms with van der Waals surface area (Å²) in [5, 5.41) is 9.09. The molecule has 1 atom stereocenters. The summed E-state index contributed by atoms with van der Waals surface area (Å²) in [4.78, 5) is 15.5. The highest BCUT2D eigenvalue weighted by atomic mass is 16.7. The van der Waals surface area contributed by atoms with Crippen LogP contribution in [0.15, 0.2) is 22.4 Å². The van der Waals surface area contributed by atoms with E-state index >= 15 is 0 Å². The molecule has 0 saturated heterocycles. The Morgan fingerprint density at radius 3 is 2.62 bits per heavy atom. The second-order valence-electron chi connectivity index (χ2n) is 4.79. The molecule has 2 rings (SSSR count). The van der Waals surface area contributed by atoms with E-state index in [1.54, 1.807) is 0 Å². The smallest absolute Gasteiger partial charge is 0.329 e. The van der Waals surface area contributed by atoms with E-state index in [4.69, 9.17) is 10.1 Å². The molecule has 84 valence electrons. The van der Waals surface area contributed by atoms with E-state index in [-0.39, 0.29) is 17.3 Å². The van der Waals surface area contributed by atoms with Gasteiger partial charge in [-0.3, -0.25) is 4.79 Å². The van der Waals surface area contributed by atoms with Crippen molar-refractivity contribution in [3.8, 4) is 6.07 Å². The minimum Gasteiger partial charge on any atom is -0.344 e. The number of carbonyl (C=O) groups is 1. The number of nitrogens with zero attached hydrogens (tertiary/aromatic N) is 1. The standard InChI is InChI=1S/C12H14N2O2/c1-6-8(5-13)9-10(12(9,3)4)11(6)14-16-7(2)15/h9,14H,1-4H3. The van der Waals surface area contributed by atoms with Gasteiger partial charge >= 0.3 is 5.97 Å². The van der Waals surface area contributed by atoms with Crippen LogP contribution in [0.25, 0.3) is 0 Å². The van der Waals surface area contributed by atoms with Gasteiger partial charge in [0.25, 0.3) is 0 Å². The monoisotopic (exact) mass is 218 g/mol. The van der Waals surface area contributed by atoms with E-state index in [2.05, 4.69) is 25.4 Å². The molecular formula is C12H14N2O2. The molecule has 1 N–H and O–H groups in total. The SMILES string of the molecule is CC(=O)ONC1=C2C(C(C#N)=C1C)C2(C)C. The number of carbonyl (C=O) groups excluding carboxylic acids is 1. The molecule has 1 unspecified atom stereocenters. The Morgan fingerprint density at radius 1 is 1.56 bits per heavy atom. The molecule has 1 saturated carbocycles. The van der Waals surface area contributed by atoms with Crippen LogP contribution < -0.4 is 5.48 Å². The maximum Gasteiger partial charge on any atom is 0.329 e. The summed E-state index contributed by atoms with van der Waals surface area (Å²) < 4.78 is 0. The quantitative estimate of drug-likeness (QED) is 0.718. The molecule has 0 bridgehead atoms. The van der Waals surface area contributed by atoms with Gasteiger partial charge in [0.1, 0.15) is 0 Å². The average molecular weight is 218 g/mol. The highest BCUT2D eigenvalue weighted by molar-refractivity contribution is 5.68. The molecule has 0 spiro atoms. The fourth-order valence-electron chi connectivity index (χ4n) is 2.47. The Morgan fingerprint density at radius 2 is 2.19 bits per heavy atom. The van der Waals surface area contributed by atoms with Crippen LogP contribution in [0, 0.1) is 22.7 Å². The first-order chi connectivity index (χ1) is 7.41. The zero-order valence-electron chi connectivity index (χ0n) is 9.84. The minimum atomic E-state index is -0.388. The van der Waals surface area contributed by atoms with Gasteiger partial charge < -0.3 is 4.84 Å². The number of hydroxylamine groups is 1. The van der Waals surface area contributed by atoms with Gasteiger partial charge in [0.15, 0.2) is 0 Å². The number of hydrogen-bond donors (Lipinski definition) is 1. The van der Waals surface area contributed by atoms with Crippen LogP contribution in [0.5, 0.6) is 0 Å². The Bertz CT molecular complexity index is 478. The summed E-state index contributed by atoms with van der Waals surface area (Å²) in [6.45, 7) is 7.39. The summed E-state index contributed by atoms with van der Waals surface area (Å²) in [5.74, 6) is -0.183. The number of hydrogen-bond acceptors (Lipinski definition) is 4. The van der Waals surface area contributed by atoms with Gasteiger partial charge in [-0.25, -0.2) is 5.48 Å². The van der Waals surface area contributed by atoms with Crippen molar-refractivity contribution in [1.29, 1.82) is 5.26 Å². The van der Waals surface area contributed by atoms with Gasteiger partial charge in [-0.05, 0) is 18.1 Å². The first-order valence-electron chi connectivity index (χ1n) is 5.20. The van der Waals surface area contributed by atoms with Gasteiger partial charge in [0, 0.05) is 23.8 Å². The maximum absolute atomic E-state index is 10.8. The van der Waals surface area contributed by atoms with E-state index in [1.807, 2.05) is 6.92 Å². The number of nitrogens with one attached hydrogen (secondary N) is 1. The summed E-state index contributed by atoms with van der Waals surface area (Å²) >= 11 is 0. The van der Waals surface area contributed by atoms with Crippen LogP contribution in [0.3, 0.4) is 0 Å². The summed E-state index contributed by atoms with van der Waals surface area (Å²) in [7, 11) is 0. The van der Waals surface area contributed by atoms with E-state index < -0.39 is 0 Å². The minimum absolute atomic E-state index is 0.0209. The molecule has 16 heavy (non-hydrogen) atoms. The van der Waals surface area contributed by atoms with Crippen molar-refractivity contribution >= 4 is 5.97 Å². The second kappa shape index (κ2) is 3.11. The van der Waals surface area contributed by atoms with Crippen molar-refractivity contribution in [3.63, 3.8) is 0 Å². The van der Waals surface area contributed by atoms with E-state index in [0.717, 1.165) is 16.8 Å². The van der Waals surface area contributed by atoms with Gasteiger partial charge in [-0.1, -0.05) is 13.8 Å². The van der Waals surface area contributed by atoms with Crippen LogP contribution in [-0.4, -0.2) is 5.97 Å². The van der Waals surface area contributed by atoms with Crippen molar-refractivity contribution in [3.05, 3.63) is 22.4 Å². The summed E-state index contributed by atoms with van der Waals surface area (Å²) in [6, 6.07) is 2.24. The molecule has 0 aromatic rings. The zero-order valence-corrected chi connectivity index (χ0v) is 9.84. The number of allylic oxidation sites excluding steroid dienone is 3. The van der Waals surface area contributed by atoms with Crippen LogP contribution in [-0.2, 0) is 9.63 Å². The van der Waals surface area contributed by atoms with Crippen LogP contribution in [0.1, 0.15) is 27.7 Å². The average Bonchev–Trinajstić information content (AvgIpc) is 2.61. The Balaban J connectivity index is 2.30. The molecule has 0 aliphatic heterocycles. The van der Waals surface area contributed by atoms with Gasteiger partial charge in [0.2, 0.25) is 0 Å². The number of rotatable bonds is 2. The molecule has 0 amide bonds. The molecule has 0 aromatic heterocycles. The topological polar surface area (TPSA) is 62.1 Å². The highest BCUT2D eigenvalue weighted by Crippen LogP contribution is 2.66. The molecule has 1 fully saturated rings. The van der Waals surface area contributed by atoms with E-state index in [1.165, 1.54) is 12.5 Å². The van der Waals surface area contributed by atoms with Gasteiger partial charge in [-0.2, -0.15) is 5.26 Å². The molecule has 4 heteroatoms. The third-order valence-electron chi connectivity index (χ3n) is 3.38. The lowest BCUT2D eigenvalue weighted by atomic mass is 9.98. The Kier molecular flexibility index (Phi) is 2.09. The van der Waals surface area contributed by atoms with E-state index in [9.17, 15) is 4.79 Å². The summed E-state index contributed by atoms with van der Waals surface area (Å²) in [6.07, 6.45) is 0. The fourth-order valence-corrected chi connectivity index (χ4v) is 2.47. The normalized spacial score (nSPS) is 25.1. The van der Waals surface area contributed by atoms with Gasteiger partial charge in [-0.15, -0.1) is 0 Å². The lowest BCUT2D eigenvalue weighted by Gasteiger charge is -2.12. The van der Waals surface area contributed by atoms with Crippen molar-refractivity contribution in [2.75, 3.05) is 0 Å². The van der Waals surface area contributed by atoms with Crippen molar-refractivity contribution < 1.29 is 9.63 Å². The van der Waals surface area contributed by atoms with Gasteiger partial charge in [0.05, 0.1) is 11.8 Å². The predicted octanol–water partition coefficient (Wildman–Crippen LogP) is 1.82. The van der Waals surface area contributed by atoms with Crippen LogP contribution >= 0.6 is 0 Å². The van der Waals surface area contributed by atoms with Crippen molar-refractivity contribution in [2.24, 2.45) is 11.3 Å². The van der Waals surface area contributed by atoms with Crippen LogP contribution in [0.2, 0.25) is 0 Å². The third kappa shape index (κ3) is 1.25. The second-order valence-corrected chi connectivity index (χ2v) is 4.79. The fraction of sp³-hybridized carbons (Fsp3) is 0.500. The molecular weight excluding hydrogens is 204 g/mol. The summed E-state index contributed by atoms with van der Waals surface area (Å²) in [5.41, 5.74) is 6.34. The molecule has 0 aromatic carbocycles. The molecule has 0 heterocycles. The van der Waals surface area contributed by atoms with Crippen molar-refractivity contribution in [1.82, 2.24) is 5.48 Å². The van der Waals surface area contributed by atoms with Crippen molar-refractivity contribution in [2.45, 2.75) is 27.7 Å². The third-order valence-corrected chi connectivity index (χ3v) is 3.38. The lowest BCUT2D eigenvalue weighted by molar-refractivity contribution is -0.146.